The molecule has 0 unspecified atom stereocenters. The summed E-state index contributed by atoms with van der Waals surface area (Å²) in [7, 11) is 0. The number of rotatable bonds is 7. The van der Waals surface area contributed by atoms with Gasteiger partial charge in [0.15, 0.2) is 0 Å². The smallest absolute Gasteiger partial charge is 0.0542 e. The fourth-order valence-electron chi connectivity index (χ4n) is 3.28. The molecule has 0 atom stereocenters. The number of benzene rings is 2. The third-order valence-corrected chi connectivity index (χ3v) is 7.74. The predicted molar refractivity (Wildman–Crippen MR) is 121 cm³/mol. The van der Waals surface area contributed by atoms with Crippen LogP contribution in [0.15, 0.2) is 36.4 Å². The summed E-state index contributed by atoms with van der Waals surface area (Å²) in [5, 5.41) is 2.84. The van der Waals surface area contributed by atoms with Crippen LogP contribution in [0.1, 0.15) is 31.7 Å². The van der Waals surface area contributed by atoms with Gasteiger partial charge >= 0.3 is 0 Å². The maximum atomic E-state index is 5.41. The minimum atomic E-state index is 0.833. The van der Waals surface area contributed by atoms with Gasteiger partial charge in [0.05, 0.1) is 9.40 Å². The van der Waals surface area contributed by atoms with Crippen molar-refractivity contribution in [2.75, 3.05) is 13.2 Å². The molecule has 0 amide bonds. The van der Waals surface area contributed by atoms with E-state index in [0.29, 0.717) is 0 Å². The predicted octanol–water partition coefficient (Wildman–Crippen LogP) is 7.62. The summed E-state index contributed by atoms with van der Waals surface area (Å²) in [4.78, 5) is 0. The van der Waals surface area contributed by atoms with Gasteiger partial charge in [-0.05, 0) is 72.5 Å². The summed E-state index contributed by atoms with van der Waals surface area (Å²) < 4.78 is 12.5. The number of thiophene rings is 2. The quantitative estimate of drug-likeness (QED) is 0.195. The number of unbranched alkanes of at least 4 members (excludes halogenated alkanes) is 2. The molecule has 0 aliphatic carbocycles. The second kappa shape index (κ2) is 7.91. The van der Waals surface area contributed by atoms with E-state index in [-0.39, 0.29) is 0 Å². The molecule has 0 N–H and O–H groups in total. The number of aryl methyl sites for hydroxylation is 1. The standard InChI is InChI=1S/C21H21IOS2/c1-2-23-11-5-3-4-6-14-7-9-16-18(12-14)24-21-17-10-8-15(22)13-19(17)25-20(16)21/h7-10,12-13H,2-6,11H2,1H3. The zero-order valence-electron chi connectivity index (χ0n) is 14.3. The van der Waals surface area contributed by atoms with Gasteiger partial charge in [-0.15, -0.1) is 22.7 Å². The molecule has 0 aliphatic heterocycles. The van der Waals surface area contributed by atoms with Gasteiger partial charge in [0.2, 0.25) is 0 Å². The van der Waals surface area contributed by atoms with Crippen molar-refractivity contribution in [3.05, 3.63) is 45.5 Å². The van der Waals surface area contributed by atoms with E-state index in [4.69, 9.17) is 4.74 Å². The highest BCUT2D eigenvalue weighted by Gasteiger charge is 2.12. The molecule has 0 spiro atoms. The highest BCUT2D eigenvalue weighted by atomic mass is 127. The SMILES string of the molecule is CCOCCCCCc1ccc2c(c1)sc1c3ccc(I)cc3sc21. The van der Waals surface area contributed by atoms with Crippen LogP contribution in [0.5, 0.6) is 0 Å². The molecule has 0 radical (unpaired) electrons. The lowest BCUT2D eigenvalue weighted by molar-refractivity contribution is 0.143. The first-order valence-corrected chi connectivity index (χ1v) is 11.6. The van der Waals surface area contributed by atoms with E-state index in [0.717, 1.165) is 13.2 Å². The van der Waals surface area contributed by atoms with Crippen LogP contribution in [0.25, 0.3) is 29.6 Å². The fourth-order valence-corrected chi connectivity index (χ4v) is 6.74. The Morgan fingerprint density at radius 3 is 2.36 bits per heavy atom. The van der Waals surface area contributed by atoms with Gasteiger partial charge in [0.1, 0.15) is 0 Å². The second-order valence-corrected chi connectivity index (χ2v) is 9.69. The summed E-state index contributed by atoms with van der Waals surface area (Å²) in [5.74, 6) is 0. The molecule has 0 aliphatic rings. The van der Waals surface area contributed by atoms with Crippen molar-refractivity contribution in [1.82, 2.24) is 0 Å². The zero-order valence-corrected chi connectivity index (χ0v) is 18.1. The molecule has 4 heteroatoms. The Kier molecular flexibility index (Phi) is 5.60. The number of ether oxygens (including phenoxy) is 1. The third-order valence-electron chi connectivity index (χ3n) is 4.57. The first-order valence-electron chi connectivity index (χ1n) is 8.87. The Balaban J connectivity index is 1.55. The lowest BCUT2D eigenvalue weighted by atomic mass is 10.1. The molecule has 0 bridgehead atoms. The lowest BCUT2D eigenvalue weighted by Crippen LogP contribution is -1.94. The van der Waals surface area contributed by atoms with Crippen molar-refractivity contribution >= 4 is 74.8 Å². The first kappa shape index (κ1) is 17.7. The molecule has 0 fully saturated rings. The van der Waals surface area contributed by atoms with E-state index >= 15 is 0 Å². The van der Waals surface area contributed by atoms with E-state index in [9.17, 15) is 0 Å². The highest BCUT2D eigenvalue weighted by Crippen LogP contribution is 2.44. The Bertz CT molecular complexity index is 1010. The topological polar surface area (TPSA) is 9.23 Å². The van der Waals surface area contributed by atoms with E-state index in [1.54, 1.807) is 0 Å². The molecular weight excluding hydrogens is 459 g/mol. The zero-order chi connectivity index (χ0) is 17.2. The highest BCUT2D eigenvalue weighted by molar-refractivity contribution is 14.1. The average molecular weight is 480 g/mol. The van der Waals surface area contributed by atoms with Crippen LogP contribution in [0.3, 0.4) is 0 Å². The van der Waals surface area contributed by atoms with Gasteiger partial charge in [0, 0.05) is 37.0 Å². The number of hydrogen-bond acceptors (Lipinski definition) is 3. The number of hydrogen-bond donors (Lipinski definition) is 0. The van der Waals surface area contributed by atoms with Crippen molar-refractivity contribution in [1.29, 1.82) is 0 Å². The second-order valence-electron chi connectivity index (χ2n) is 6.34. The third kappa shape index (κ3) is 3.72. The molecule has 2 aromatic heterocycles. The molecule has 4 aromatic rings. The minimum absolute atomic E-state index is 0.833. The van der Waals surface area contributed by atoms with Gasteiger partial charge in [-0.3, -0.25) is 0 Å². The van der Waals surface area contributed by atoms with Crippen molar-refractivity contribution in [2.45, 2.75) is 32.6 Å². The molecule has 2 aromatic carbocycles. The Labute approximate surface area is 170 Å². The largest absolute Gasteiger partial charge is 0.382 e. The fraction of sp³-hybridized carbons (Fsp3) is 0.333. The summed E-state index contributed by atoms with van der Waals surface area (Å²) in [5.41, 5.74) is 1.47. The Morgan fingerprint density at radius 2 is 1.60 bits per heavy atom. The average Bonchev–Trinajstić information content (AvgIpc) is 3.12. The molecule has 2 heterocycles. The minimum Gasteiger partial charge on any atom is -0.382 e. The van der Waals surface area contributed by atoms with Crippen LogP contribution < -0.4 is 0 Å². The van der Waals surface area contributed by atoms with Crippen LogP contribution in [-0.2, 0) is 11.2 Å². The maximum absolute atomic E-state index is 5.41. The Morgan fingerprint density at radius 1 is 0.880 bits per heavy atom. The summed E-state index contributed by atoms with van der Waals surface area (Å²) >= 11 is 6.29. The van der Waals surface area contributed by atoms with E-state index < -0.39 is 0 Å². The van der Waals surface area contributed by atoms with Crippen LogP contribution in [0.2, 0.25) is 0 Å². The molecule has 1 nitrogen and oxygen atoms in total. The van der Waals surface area contributed by atoms with E-state index in [1.807, 2.05) is 22.7 Å². The Hall–Kier alpha value is -0.690. The van der Waals surface area contributed by atoms with Gasteiger partial charge in [-0.2, -0.15) is 0 Å². The summed E-state index contributed by atoms with van der Waals surface area (Å²) in [6.07, 6.45) is 4.85. The maximum Gasteiger partial charge on any atom is 0.0542 e. The first-order chi connectivity index (χ1) is 12.3. The van der Waals surface area contributed by atoms with Crippen LogP contribution in [0.4, 0.5) is 0 Å². The van der Waals surface area contributed by atoms with Gasteiger partial charge in [0.25, 0.3) is 0 Å². The van der Waals surface area contributed by atoms with Crippen LogP contribution >= 0.6 is 45.3 Å². The molecule has 0 saturated heterocycles. The lowest BCUT2D eigenvalue weighted by Gasteiger charge is -2.03. The van der Waals surface area contributed by atoms with Crippen molar-refractivity contribution < 1.29 is 4.74 Å². The van der Waals surface area contributed by atoms with E-state index in [2.05, 4.69) is 65.9 Å². The van der Waals surface area contributed by atoms with Crippen LogP contribution in [0, 0.1) is 3.57 Å². The van der Waals surface area contributed by atoms with Gasteiger partial charge in [-0.1, -0.05) is 24.6 Å². The molecule has 0 saturated carbocycles. The summed E-state index contributed by atoms with van der Waals surface area (Å²) in [6, 6.07) is 13.9. The molecule has 25 heavy (non-hydrogen) atoms. The van der Waals surface area contributed by atoms with Crippen LogP contribution in [-0.4, -0.2) is 13.2 Å². The normalized spacial score (nSPS) is 11.9. The van der Waals surface area contributed by atoms with E-state index in [1.165, 1.54) is 64.4 Å². The number of halogens is 1. The molecule has 4 rings (SSSR count). The summed E-state index contributed by atoms with van der Waals surface area (Å²) in [6.45, 7) is 3.80. The molecular formula is C21H21IOS2. The van der Waals surface area contributed by atoms with Crippen molar-refractivity contribution in [3.8, 4) is 0 Å². The van der Waals surface area contributed by atoms with Crippen molar-refractivity contribution in [3.63, 3.8) is 0 Å². The van der Waals surface area contributed by atoms with Gasteiger partial charge in [-0.25, -0.2) is 0 Å². The van der Waals surface area contributed by atoms with Crippen molar-refractivity contribution in [2.24, 2.45) is 0 Å². The molecule has 130 valence electrons. The number of fused-ring (bicyclic) bond motifs is 5. The monoisotopic (exact) mass is 480 g/mol. The van der Waals surface area contributed by atoms with Gasteiger partial charge < -0.3 is 4.74 Å².